The first-order chi connectivity index (χ1) is 8.59. The summed E-state index contributed by atoms with van der Waals surface area (Å²) in [6.45, 7) is 1.84. The number of fused-ring (bicyclic) bond motifs is 1. The number of aromatic amines is 1. The average Bonchev–Trinajstić information content (AvgIpc) is 2.79. The quantitative estimate of drug-likeness (QED) is 0.780. The number of aromatic nitrogens is 2. The molecule has 0 saturated carbocycles. The summed E-state index contributed by atoms with van der Waals surface area (Å²) in [7, 11) is 1.67. The van der Waals surface area contributed by atoms with Crippen LogP contribution in [-0.2, 0) is 7.05 Å². The van der Waals surface area contributed by atoms with Crippen LogP contribution in [-0.4, -0.2) is 15.7 Å². The van der Waals surface area contributed by atoms with Gasteiger partial charge in [-0.3, -0.25) is 19.4 Å². The van der Waals surface area contributed by atoms with Gasteiger partial charge in [-0.05, 0) is 18.6 Å². The first kappa shape index (κ1) is 10.8. The van der Waals surface area contributed by atoms with Crippen LogP contribution in [0, 0.1) is 6.92 Å². The van der Waals surface area contributed by atoms with Crippen LogP contribution < -0.4 is 10.9 Å². The highest BCUT2D eigenvalue weighted by atomic mass is 16.2. The highest BCUT2D eigenvalue weighted by molar-refractivity contribution is 5.99. The van der Waals surface area contributed by atoms with E-state index in [4.69, 9.17) is 0 Å². The maximum Gasteiger partial charge on any atom is 0.272 e. The Hall–Kier alpha value is -2.30. The molecule has 1 aromatic carbocycles. The minimum atomic E-state index is -0.348. The van der Waals surface area contributed by atoms with Crippen LogP contribution in [0.25, 0.3) is 0 Å². The maximum atomic E-state index is 12.1. The van der Waals surface area contributed by atoms with E-state index in [-0.39, 0.29) is 17.5 Å². The Balaban J connectivity index is 2.21. The summed E-state index contributed by atoms with van der Waals surface area (Å²) in [6.07, 6.45) is 0. The van der Waals surface area contributed by atoms with Crippen molar-refractivity contribution in [2.45, 2.75) is 13.0 Å². The van der Waals surface area contributed by atoms with Crippen molar-refractivity contribution in [2.24, 2.45) is 7.05 Å². The second-order valence-corrected chi connectivity index (χ2v) is 4.51. The summed E-state index contributed by atoms with van der Waals surface area (Å²) in [5, 5.41) is 5.81. The third kappa shape index (κ3) is 1.33. The molecule has 1 unspecified atom stereocenters. The van der Waals surface area contributed by atoms with E-state index >= 15 is 0 Å². The molecule has 0 radical (unpaired) electrons. The van der Waals surface area contributed by atoms with Gasteiger partial charge in [0, 0.05) is 18.3 Å². The molecule has 3 rings (SSSR count). The van der Waals surface area contributed by atoms with Gasteiger partial charge in [0.15, 0.2) is 0 Å². The number of rotatable bonds is 1. The minimum absolute atomic E-state index is 0.102. The van der Waals surface area contributed by atoms with E-state index in [1.54, 1.807) is 13.1 Å². The van der Waals surface area contributed by atoms with Crippen molar-refractivity contribution < 1.29 is 4.79 Å². The number of carbonyl (C=O) groups is 1. The smallest absolute Gasteiger partial charge is 0.272 e. The number of nitrogens with one attached hydrogen (secondary N) is 2. The van der Waals surface area contributed by atoms with E-state index in [2.05, 4.69) is 10.4 Å². The highest BCUT2D eigenvalue weighted by Crippen LogP contribution is 2.30. The summed E-state index contributed by atoms with van der Waals surface area (Å²) in [5.41, 5.74) is 2.79. The van der Waals surface area contributed by atoms with Crippen molar-refractivity contribution in [3.8, 4) is 0 Å². The van der Waals surface area contributed by atoms with Crippen LogP contribution >= 0.6 is 0 Å². The Morgan fingerprint density at radius 2 is 1.94 bits per heavy atom. The van der Waals surface area contributed by atoms with Crippen LogP contribution in [0.15, 0.2) is 29.1 Å². The van der Waals surface area contributed by atoms with E-state index < -0.39 is 0 Å². The topological polar surface area (TPSA) is 66.9 Å². The lowest BCUT2D eigenvalue weighted by molar-refractivity contribution is 0.0960. The first-order valence-corrected chi connectivity index (χ1v) is 5.75. The molecular formula is C13H13N3O2. The lowest BCUT2D eigenvalue weighted by atomic mass is 9.99. The van der Waals surface area contributed by atoms with Gasteiger partial charge in [0.25, 0.3) is 11.5 Å². The van der Waals surface area contributed by atoms with Gasteiger partial charge in [0.1, 0.15) is 0 Å². The largest absolute Gasteiger partial charge is 0.341 e. The number of hydrogen-bond donors (Lipinski definition) is 2. The Kier molecular flexibility index (Phi) is 2.16. The molecule has 1 atom stereocenters. The van der Waals surface area contributed by atoms with Crippen LogP contribution in [0.3, 0.4) is 0 Å². The minimum Gasteiger partial charge on any atom is -0.341 e. The predicted molar refractivity (Wildman–Crippen MR) is 66.5 cm³/mol. The highest BCUT2D eigenvalue weighted by Gasteiger charge is 2.32. The zero-order chi connectivity index (χ0) is 12.9. The first-order valence-electron chi connectivity index (χ1n) is 5.75. The molecule has 2 heterocycles. The average molecular weight is 243 g/mol. The summed E-state index contributed by atoms with van der Waals surface area (Å²) in [5.74, 6) is -0.127. The third-order valence-corrected chi connectivity index (χ3v) is 3.35. The second-order valence-electron chi connectivity index (χ2n) is 4.51. The molecule has 5 nitrogen and oxygen atoms in total. The Labute approximate surface area is 103 Å². The second kappa shape index (κ2) is 3.60. The van der Waals surface area contributed by atoms with E-state index in [9.17, 15) is 9.59 Å². The Morgan fingerprint density at radius 1 is 1.22 bits per heavy atom. The summed E-state index contributed by atoms with van der Waals surface area (Å²) in [6, 6.07) is 7.00. The van der Waals surface area contributed by atoms with Gasteiger partial charge in [-0.2, -0.15) is 0 Å². The molecule has 5 heteroatoms. The number of nitrogens with zero attached hydrogens (tertiary/aromatic N) is 1. The van der Waals surface area contributed by atoms with Crippen LogP contribution in [0.4, 0.5) is 0 Å². The molecule has 2 N–H and O–H groups in total. The molecule has 18 heavy (non-hydrogen) atoms. The SMILES string of the molecule is Cc1[nH]n(C)c(=O)c1C1NC(=O)c2ccccc21. The molecule has 2 aromatic rings. The lowest BCUT2D eigenvalue weighted by Gasteiger charge is -2.09. The van der Waals surface area contributed by atoms with Crippen LogP contribution in [0.1, 0.15) is 33.2 Å². The fraction of sp³-hybridized carbons (Fsp3) is 0.231. The van der Waals surface area contributed by atoms with Crippen molar-refractivity contribution in [2.75, 3.05) is 0 Å². The zero-order valence-electron chi connectivity index (χ0n) is 10.2. The third-order valence-electron chi connectivity index (χ3n) is 3.35. The number of carbonyl (C=O) groups excluding carboxylic acids is 1. The van der Waals surface area contributed by atoms with E-state index in [0.717, 1.165) is 11.3 Å². The molecule has 0 saturated heterocycles. The Morgan fingerprint density at radius 3 is 2.61 bits per heavy atom. The van der Waals surface area contributed by atoms with Gasteiger partial charge >= 0.3 is 0 Å². The molecule has 92 valence electrons. The monoisotopic (exact) mass is 243 g/mol. The number of aryl methyl sites for hydroxylation is 2. The molecular weight excluding hydrogens is 230 g/mol. The van der Waals surface area contributed by atoms with Gasteiger partial charge < -0.3 is 5.32 Å². The van der Waals surface area contributed by atoms with E-state index in [1.807, 2.05) is 25.1 Å². The van der Waals surface area contributed by atoms with Crippen molar-refractivity contribution >= 4 is 5.91 Å². The summed E-state index contributed by atoms with van der Waals surface area (Å²) in [4.78, 5) is 23.9. The van der Waals surface area contributed by atoms with Gasteiger partial charge in [0.2, 0.25) is 0 Å². The molecule has 1 aliphatic heterocycles. The Bertz CT molecular complexity index is 697. The van der Waals surface area contributed by atoms with Gasteiger partial charge in [-0.15, -0.1) is 0 Å². The molecule has 0 spiro atoms. The molecule has 0 fully saturated rings. The maximum absolute atomic E-state index is 12.1. The normalized spacial score (nSPS) is 17.7. The summed E-state index contributed by atoms with van der Waals surface area (Å²) >= 11 is 0. The van der Waals surface area contributed by atoms with Crippen molar-refractivity contribution in [1.29, 1.82) is 0 Å². The van der Waals surface area contributed by atoms with Gasteiger partial charge in [-0.25, -0.2) is 0 Å². The summed E-state index contributed by atoms with van der Waals surface area (Å²) < 4.78 is 1.43. The fourth-order valence-electron chi connectivity index (χ4n) is 2.51. The molecule has 1 aliphatic rings. The zero-order valence-corrected chi connectivity index (χ0v) is 10.2. The van der Waals surface area contributed by atoms with Crippen molar-refractivity contribution in [1.82, 2.24) is 15.1 Å². The van der Waals surface area contributed by atoms with Crippen LogP contribution in [0.2, 0.25) is 0 Å². The fourth-order valence-corrected chi connectivity index (χ4v) is 2.51. The standard InChI is InChI=1S/C13H13N3O2/c1-7-10(13(18)16(2)15-7)11-8-5-3-4-6-9(8)12(17)14-11/h3-6,11,15H,1-2H3,(H,14,17). The van der Waals surface area contributed by atoms with Gasteiger partial charge in [0.05, 0.1) is 11.6 Å². The number of hydrogen-bond acceptors (Lipinski definition) is 2. The predicted octanol–water partition coefficient (Wildman–Crippen LogP) is 0.855. The molecule has 0 bridgehead atoms. The number of amides is 1. The molecule has 1 amide bonds. The van der Waals surface area contributed by atoms with Crippen molar-refractivity contribution in [3.63, 3.8) is 0 Å². The molecule has 0 aliphatic carbocycles. The van der Waals surface area contributed by atoms with Crippen LogP contribution in [0.5, 0.6) is 0 Å². The van der Waals surface area contributed by atoms with Crippen molar-refractivity contribution in [3.05, 3.63) is 57.0 Å². The number of benzene rings is 1. The number of H-pyrrole nitrogens is 1. The van der Waals surface area contributed by atoms with E-state index in [0.29, 0.717) is 11.1 Å². The molecule has 1 aromatic heterocycles. The van der Waals surface area contributed by atoms with Gasteiger partial charge in [-0.1, -0.05) is 18.2 Å². The van der Waals surface area contributed by atoms with E-state index in [1.165, 1.54) is 4.68 Å². The lowest BCUT2D eigenvalue weighted by Crippen LogP contribution is -2.26.